The third-order valence-electron chi connectivity index (χ3n) is 7.88. The molecule has 2 aliphatic heterocycles. The Labute approximate surface area is 263 Å². The molecule has 6 rings (SSSR count). The monoisotopic (exact) mass is 657 g/mol. The SMILES string of the molecule is Cc1cc([C@@H](C)Nc2ccc(Cl)nc2C(=O)NS(C)(=O)=O)c2nc(N3C[C@@H]4C[C@H]3CN4c3ncc(Cl)cn3)n(C)c(=O)c2c1. The average Bonchev–Trinajstić information content (AvgIpc) is 3.56. The Bertz CT molecular complexity index is 1970. The molecular formula is C28H29Cl2N9O4S. The first-order valence-electron chi connectivity index (χ1n) is 13.8. The quantitative estimate of drug-likeness (QED) is 0.282. The molecule has 4 aromatic rings. The van der Waals surface area contributed by atoms with Crippen LogP contribution in [0.15, 0.2) is 41.5 Å². The number of benzene rings is 1. The zero-order chi connectivity index (χ0) is 31.5. The molecule has 0 spiro atoms. The van der Waals surface area contributed by atoms with E-state index in [0.717, 1.165) is 23.8 Å². The van der Waals surface area contributed by atoms with Crippen molar-refractivity contribution in [2.45, 2.75) is 38.4 Å². The van der Waals surface area contributed by atoms with Gasteiger partial charge < -0.3 is 15.1 Å². The van der Waals surface area contributed by atoms with Gasteiger partial charge in [0, 0.05) is 25.7 Å². The number of aromatic nitrogens is 5. The zero-order valence-electron chi connectivity index (χ0n) is 24.2. The number of carbonyl (C=O) groups excluding carboxylic acids is 1. The number of carbonyl (C=O) groups is 1. The van der Waals surface area contributed by atoms with Gasteiger partial charge >= 0.3 is 0 Å². The molecule has 230 valence electrons. The highest BCUT2D eigenvalue weighted by atomic mass is 35.5. The number of piperazine rings is 1. The minimum atomic E-state index is -3.84. The van der Waals surface area contributed by atoms with E-state index in [9.17, 15) is 18.0 Å². The lowest BCUT2D eigenvalue weighted by Gasteiger charge is -2.35. The summed E-state index contributed by atoms with van der Waals surface area (Å²) in [5, 5.41) is 4.22. The van der Waals surface area contributed by atoms with E-state index in [2.05, 4.69) is 30.1 Å². The van der Waals surface area contributed by atoms with Gasteiger partial charge in [0.2, 0.25) is 21.9 Å². The van der Waals surface area contributed by atoms with Gasteiger partial charge in [-0.1, -0.05) is 29.3 Å². The maximum atomic E-state index is 13.7. The number of nitrogens with zero attached hydrogens (tertiary/aromatic N) is 7. The molecule has 3 aromatic heterocycles. The molecule has 0 unspecified atom stereocenters. The highest BCUT2D eigenvalue weighted by molar-refractivity contribution is 7.89. The molecule has 1 aromatic carbocycles. The van der Waals surface area contributed by atoms with Crippen LogP contribution in [0, 0.1) is 6.92 Å². The fraction of sp³-hybridized carbons (Fsp3) is 0.357. The van der Waals surface area contributed by atoms with Crippen LogP contribution < -0.4 is 25.4 Å². The number of pyridine rings is 1. The van der Waals surface area contributed by atoms with Gasteiger partial charge in [-0.2, -0.15) is 0 Å². The van der Waals surface area contributed by atoms with E-state index < -0.39 is 22.0 Å². The summed E-state index contributed by atoms with van der Waals surface area (Å²) in [5.41, 5.74) is 2.02. The van der Waals surface area contributed by atoms with Gasteiger partial charge in [0.25, 0.3) is 11.5 Å². The van der Waals surface area contributed by atoms with E-state index in [1.54, 1.807) is 30.1 Å². The normalized spacial score (nSPS) is 18.6. The van der Waals surface area contributed by atoms with Crippen LogP contribution in [0.5, 0.6) is 0 Å². The van der Waals surface area contributed by atoms with Crippen molar-refractivity contribution in [1.82, 2.24) is 29.2 Å². The number of rotatable bonds is 7. The number of nitrogens with one attached hydrogen (secondary N) is 2. The lowest BCUT2D eigenvalue weighted by molar-refractivity contribution is 0.0977. The molecule has 2 N–H and O–H groups in total. The highest BCUT2D eigenvalue weighted by Gasteiger charge is 2.45. The molecule has 2 aliphatic rings. The van der Waals surface area contributed by atoms with Gasteiger partial charge in [-0.25, -0.2) is 33.1 Å². The highest BCUT2D eigenvalue weighted by Crippen LogP contribution is 2.36. The van der Waals surface area contributed by atoms with Crippen molar-refractivity contribution in [3.05, 3.63) is 74.0 Å². The van der Waals surface area contributed by atoms with Crippen molar-refractivity contribution >= 4 is 67.6 Å². The Balaban J connectivity index is 1.35. The van der Waals surface area contributed by atoms with Crippen molar-refractivity contribution in [2.75, 3.05) is 34.5 Å². The second kappa shape index (κ2) is 11.2. The molecule has 2 saturated heterocycles. The van der Waals surface area contributed by atoms with Crippen LogP contribution in [0.25, 0.3) is 10.9 Å². The average molecular weight is 659 g/mol. The molecule has 5 heterocycles. The summed E-state index contributed by atoms with van der Waals surface area (Å²) in [6.07, 6.45) is 4.92. The van der Waals surface area contributed by atoms with Crippen molar-refractivity contribution < 1.29 is 13.2 Å². The Kier molecular flexibility index (Phi) is 7.62. The minimum absolute atomic E-state index is 0.0266. The molecular weight excluding hydrogens is 629 g/mol. The number of amides is 1. The van der Waals surface area contributed by atoms with Gasteiger partial charge in [-0.15, -0.1) is 0 Å². The van der Waals surface area contributed by atoms with Crippen LogP contribution in [-0.2, 0) is 17.1 Å². The molecule has 0 aliphatic carbocycles. The van der Waals surface area contributed by atoms with Crippen molar-refractivity contribution in [3.63, 3.8) is 0 Å². The van der Waals surface area contributed by atoms with Gasteiger partial charge in [-0.3, -0.25) is 14.2 Å². The topological polar surface area (TPSA) is 155 Å². The van der Waals surface area contributed by atoms with E-state index in [4.69, 9.17) is 28.2 Å². The molecule has 16 heteroatoms. The van der Waals surface area contributed by atoms with E-state index in [1.165, 1.54) is 6.07 Å². The molecule has 44 heavy (non-hydrogen) atoms. The molecule has 0 radical (unpaired) electrons. The fourth-order valence-corrected chi connectivity index (χ4v) is 6.67. The third kappa shape index (κ3) is 5.64. The number of hydrogen-bond donors (Lipinski definition) is 2. The van der Waals surface area contributed by atoms with Crippen LogP contribution in [0.1, 0.15) is 41.0 Å². The molecule has 0 saturated carbocycles. The summed E-state index contributed by atoms with van der Waals surface area (Å²) in [6.45, 7) is 5.08. The molecule has 2 fully saturated rings. The lowest BCUT2D eigenvalue weighted by atomic mass is 10.0. The lowest BCUT2D eigenvalue weighted by Crippen LogP contribution is -2.48. The van der Waals surface area contributed by atoms with E-state index in [-0.39, 0.29) is 34.2 Å². The largest absolute Gasteiger partial charge is 0.377 e. The molecule has 1 amide bonds. The fourth-order valence-electron chi connectivity index (χ4n) is 5.99. The number of aryl methyl sites for hydroxylation is 1. The summed E-state index contributed by atoms with van der Waals surface area (Å²) in [6, 6.07) is 6.59. The van der Waals surface area contributed by atoms with Gasteiger partial charge in [0.15, 0.2) is 5.69 Å². The van der Waals surface area contributed by atoms with Crippen molar-refractivity contribution in [3.8, 4) is 0 Å². The van der Waals surface area contributed by atoms with Crippen molar-refractivity contribution in [1.29, 1.82) is 0 Å². The molecule has 3 atom stereocenters. The first kappa shape index (κ1) is 30.0. The van der Waals surface area contributed by atoms with E-state index in [0.29, 0.717) is 40.9 Å². The van der Waals surface area contributed by atoms with E-state index >= 15 is 0 Å². The van der Waals surface area contributed by atoms with E-state index in [1.807, 2.05) is 30.7 Å². The van der Waals surface area contributed by atoms with Crippen LogP contribution >= 0.6 is 23.2 Å². The summed E-state index contributed by atoms with van der Waals surface area (Å²) in [7, 11) is -2.11. The first-order valence-corrected chi connectivity index (χ1v) is 16.4. The predicted molar refractivity (Wildman–Crippen MR) is 169 cm³/mol. The summed E-state index contributed by atoms with van der Waals surface area (Å²) in [4.78, 5) is 48.7. The Hall–Kier alpha value is -4.01. The summed E-state index contributed by atoms with van der Waals surface area (Å²) in [5.74, 6) is 0.265. The second-order valence-electron chi connectivity index (χ2n) is 11.2. The standard InChI is InChI=1S/C28H29Cl2N9O4S/c1-14-7-19(15(2)33-21-5-6-22(30)34-24(21)25(40)36-44(4,42)43)23-20(8-14)26(41)37(3)28(35-23)39-13-17-9-18(39)12-38(17)27-31-10-16(29)11-32-27/h5-8,10-11,15,17-18,33H,9,12-13H2,1-4H3,(H,36,40)/t15-,17+,18+/m1/s1. The number of anilines is 3. The zero-order valence-corrected chi connectivity index (χ0v) is 26.6. The molecule has 13 nitrogen and oxygen atoms in total. The number of sulfonamides is 1. The number of fused-ring (bicyclic) bond motifs is 3. The smallest absolute Gasteiger partial charge is 0.285 e. The Morgan fingerprint density at radius 1 is 1.07 bits per heavy atom. The summed E-state index contributed by atoms with van der Waals surface area (Å²) >= 11 is 12.0. The first-order chi connectivity index (χ1) is 20.8. The van der Waals surface area contributed by atoms with Crippen LogP contribution in [-0.4, -0.2) is 70.3 Å². The Morgan fingerprint density at radius 2 is 1.75 bits per heavy atom. The van der Waals surface area contributed by atoms with Crippen molar-refractivity contribution in [2.24, 2.45) is 7.05 Å². The van der Waals surface area contributed by atoms with Crippen LogP contribution in [0.4, 0.5) is 17.6 Å². The van der Waals surface area contributed by atoms with Gasteiger partial charge in [-0.05, 0) is 44.0 Å². The van der Waals surface area contributed by atoms with Crippen LogP contribution in [0.3, 0.4) is 0 Å². The number of hydrogen-bond acceptors (Lipinski definition) is 11. The maximum absolute atomic E-state index is 13.7. The second-order valence-corrected chi connectivity index (χ2v) is 13.7. The minimum Gasteiger partial charge on any atom is -0.377 e. The summed E-state index contributed by atoms with van der Waals surface area (Å²) < 4.78 is 27.0. The number of halogens is 2. The Morgan fingerprint density at radius 3 is 2.41 bits per heavy atom. The molecule has 2 bridgehead atoms. The maximum Gasteiger partial charge on any atom is 0.285 e. The van der Waals surface area contributed by atoms with Crippen LogP contribution in [0.2, 0.25) is 10.2 Å². The van der Waals surface area contributed by atoms with Gasteiger partial charge in [0.1, 0.15) is 5.15 Å². The third-order valence-corrected chi connectivity index (χ3v) is 8.85. The van der Waals surface area contributed by atoms with Gasteiger partial charge in [0.05, 0.1) is 58.4 Å². The predicted octanol–water partition coefficient (Wildman–Crippen LogP) is 3.06.